The van der Waals surface area contributed by atoms with Gasteiger partial charge >= 0.3 is 0 Å². The minimum Gasteiger partial charge on any atom is -0.388 e. The molecule has 0 heterocycles. The fraction of sp³-hybridized carbons (Fsp3) is 0.400. The third-order valence-electron chi connectivity index (χ3n) is 2.12. The van der Waals surface area contributed by atoms with E-state index in [1.54, 1.807) is 19.1 Å². The Kier molecular flexibility index (Phi) is 4.04. The largest absolute Gasteiger partial charge is 0.388 e. The Morgan fingerprint density at radius 3 is 2.79 bits per heavy atom. The highest BCUT2D eigenvalue weighted by atomic mass is 79.9. The van der Waals surface area contributed by atoms with Crippen LogP contribution < -0.4 is 5.73 Å². The molecule has 4 heteroatoms. The van der Waals surface area contributed by atoms with Gasteiger partial charge < -0.3 is 10.8 Å². The van der Waals surface area contributed by atoms with Crippen LogP contribution in [0.2, 0.25) is 0 Å². The third-order valence-corrected chi connectivity index (χ3v) is 2.74. The van der Waals surface area contributed by atoms with E-state index < -0.39 is 11.9 Å². The summed E-state index contributed by atoms with van der Waals surface area (Å²) in [5.74, 6) is -0.397. The van der Waals surface area contributed by atoms with Gasteiger partial charge in [-0.1, -0.05) is 6.07 Å². The number of benzene rings is 1. The second kappa shape index (κ2) is 4.87. The summed E-state index contributed by atoms with van der Waals surface area (Å²) in [6.45, 7) is 2.11. The Labute approximate surface area is 91.1 Å². The Bertz CT molecular complexity index is 330. The van der Waals surface area contributed by atoms with Crippen molar-refractivity contribution in [2.45, 2.75) is 19.4 Å². The Morgan fingerprint density at radius 2 is 2.21 bits per heavy atom. The number of nitrogens with two attached hydrogens (primary N) is 1. The quantitative estimate of drug-likeness (QED) is 0.877. The van der Waals surface area contributed by atoms with E-state index in [9.17, 15) is 9.50 Å². The maximum atomic E-state index is 13.6. The number of aliphatic hydroxyl groups excluding tert-OH is 1. The van der Waals surface area contributed by atoms with Crippen LogP contribution in [0, 0.1) is 12.7 Å². The van der Waals surface area contributed by atoms with Crippen molar-refractivity contribution in [3.8, 4) is 0 Å². The van der Waals surface area contributed by atoms with E-state index in [4.69, 9.17) is 5.73 Å². The summed E-state index contributed by atoms with van der Waals surface area (Å²) in [4.78, 5) is 0. The van der Waals surface area contributed by atoms with Crippen molar-refractivity contribution in [2.75, 3.05) is 6.54 Å². The topological polar surface area (TPSA) is 46.2 Å². The first-order valence-corrected chi connectivity index (χ1v) is 5.20. The Balaban J connectivity index is 3.11. The highest BCUT2D eigenvalue weighted by Gasteiger charge is 2.16. The summed E-state index contributed by atoms with van der Waals surface area (Å²) in [6, 6.07) is 3.39. The molecule has 1 aromatic rings. The minimum absolute atomic E-state index is 0.338. The first-order valence-electron chi connectivity index (χ1n) is 4.40. The van der Waals surface area contributed by atoms with Crippen LogP contribution in [-0.2, 0) is 0 Å². The van der Waals surface area contributed by atoms with E-state index in [-0.39, 0.29) is 0 Å². The van der Waals surface area contributed by atoms with Crippen molar-refractivity contribution in [1.82, 2.24) is 0 Å². The average Bonchev–Trinajstić information content (AvgIpc) is 2.13. The zero-order chi connectivity index (χ0) is 10.7. The van der Waals surface area contributed by atoms with Crippen LogP contribution in [0.15, 0.2) is 16.6 Å². The molecule has 0 aliphatic heterocycles. The summed E-state index contributed by atoms with van der Waals surface area (Å²) in [5, 5.41) is 9.67. The van der Waals surface area contributed by atoms with Gasteiger partial charge in [0.15, 0.2) is 0 Å². The second-order valence-corrected chi connectivity index (χ2v) is 4.04. The van der Waals surface area contributed by atoms with E-state index in [2.05, 4.69) is 15.9 Å². The zero-order valence-corrected chi connectivity index (χ0v) is 9.51. The van der Waals surface area contributed by atoms with Crippen LogP contribution >= 0.6 is 15.9 Å². The number of hydrogen-bond donors (Lipinski definition) is 2. The van der Waals surface area contributed by atoms with Crippen LogP contribution in [0.3, 0.4) is 0 Å². The van der Waals surface area contributed by atoms with Crippen LogP contribution in [-0.4, -0.2) is 11.7 Å². The molecule has 0 spiro atoms. The standard InChI is InChI=1S/C10H13BrFNO/c1-6-2-3-7(11)10(12)9(6)8(14)4-5-13/h2-3,8,14H,4-5,13H2,1H3. The summed E-state index contributed by atoms with van der Waals surface area (Å²) in [7, 11) is 0. The van der Waals surface area contributed by atoms with Gasteiger partial charge in [0.25, 0.3) is 0 Å². The predicted molar refractivity (Wildman–Crippen MR) is 57.5 cm³/mol. The van der Waals surface area contributed by atoms with Gasteiger partial charge in [0.05, 0.1) is 10.6 Å². The molecule has 0 saturated heterocycles. The number of aliphatic hydroxyl groups is 1. The van der Waals surface area contributed by atoms with E-state index in [0.29, 0.717) is 23.0 Å². The van der Waals surface area contributed by atoms with Crippen molar-refractivity contribution >= 4 is 15.9 Å². The van der Waals surface area contributed by atoms with Gasteiger partial charge in [-0.05, 0) is 47.4 Å². The normalized spacial score (nSPS) is 12.9. The van der Waals surface area contributed by atoms with Crippen molar-refractivity contribution in [3.05, 3.63) is 33.5 Å². The van der Waals surface area contributed by atoms with Crippen molar-refractivity contribution in [1.29, 1.82) is 0 Å². The molecule has 0 aliphatic carbocycles. The molecule has 78 valence electrons. The zero-order valence-electron chi connectivity index (χ0n) is 7.93. The van der Waals surface area contributed by atoms with Gasteiger partial charge in [0.1, 0.15) is 5.82 Å². The Morgan fingerprint density at radius 1 is 1.57 bits per heavy atom. The molecule has 0 radical (unpaired) electrons. The van der Waals surface area contributed by atoms with Gasteiger partial charge in [-0.3, -0.25) is 0 Å². The lowest BCUT2D eigenvalue weighted by Crippen LogP contribution is -2.10. The molecule has 0 amide bonds. The smallest absolute Gasteiger partial charge is 0.143 e. The first-order chi connectivity index (χ1) is 6.57. The summed E-state index contributed by atoms with van der Waals surface area (Å²) >= 11 is 3.08. The predicted octanol–water partition coefficient (Wildman–Crippen LogP) is 2.28. The molecule has 0 aliphatic rings. The van der Waals surface area contributed by atoms with Gasteiger partial charge in [-0.25, -0.2) is 4.39 Å². The fourth-order valence-electron chi connectivity index (χ4n) is 1.37. The molecule has 14 heavy (non-hydrogen) atoms. The van der Waals surface area contributed by atoms with Gasteiger partial charge in [-0.2, -0.15) is 0 Å². The van der Waals surface area contributed by atoms with Crippen molar-refractivity contribution in [2.24, 2.45) is 5.73 Å². The van der Waals surface area contributed by atoms with E-state index in [0.717, 1.165) is 5.56 Å². The van der Waals surface area contributed by atoms with Crippen molar-refractivity contribution in [3.63, 3.8) is 0 Å². The number of rotatable bonds is 3. The highest BCUT2D eigenvalue weighted by molar-refractivity contribution is 9.10. The molecule has 3 N–H and O–H groups in total. The molecule has 0 fully saturated rings. The maximum Gasteiger partial charge on any atom is 0.143 e. The van der Waals surface area contributed by atoms with E-state index in [1.807, 2.05) is 0 Å². The van der Waals surface area contributed by atoms with E-state index >= 15 is 0 Å². The maximum absolute atomic E-state index is 13.6. The molecule has 0 saturated carbocycles. The van der Waals surface area contributed by atoms with Gasteiger partial charge in [0, 0.05) is 5.56 Å². The van der Waals surface area contributed by atoms with Crippen LogP contribution in [0.1, 0.15) is 23.7 Å². The second-order valence-electron chi connectivity index (χ2n) is 3.19. The molecule has 0 aromatic heterocycles. The van der Waals surface area contributed by atoms with Crippen LogP contribution in [0.5, 0.6) is 0 Å². The molecule has 2 nitrogen and oxygen atoms in total. The number of aryl methyl sites for hydroxylation is 1. The summed E-state index contributed by atoms with van der Waals surface area (Å²) < 4.78 is 14.0. The van der Waals surface area contributed by atoms with Gasteiger partial charge in [-0.15, -0.1) is 0 Å². The first kappa shape index (κ1) is 11.6. The number of halogens is 2. The van der Waals surface area contributed by atoms with E-state index in [1.165, 1.54) is 0 Å². The molecular formula is C10H13BrFNO. The minimum atomic E-state index is -0.822. The lowest BCUT2D eigenvalue weighted by Gasteiger charge is -2.14. The lowest BCUT2D eigenvalue weighted by atomic mass is 10.0. The Hall–Kier alpha value is -0.450. The average molecular weight is 262 g/mol. The SMILES string of the molecule is Cc1ccc(Br)c(F)c1C(O)CCN. The summed E-state index contributed by atoms with van der Waals surface area (Å²) in [6.07, 6.45) is -0.453. The molecule has 1 aromatic carbocycles. The molecular weight excluding hydrogens is 249 g/mol. The lowest BCUT2D eigenvalue weighted by molar-refractivity contribution is 0.164. The van der Waals surface area contributed by atoms with Crippen LogP contribution in [0.4, 0.5) is 4.39 Å². The molecule has 1 atom stereocenters. The van der Waals surface area contributed by atoms with Crippen LogP contribution in [0.25, 0.3) is 0 Å². The molecule has 1 unspecified atom stereocenters. The molecule has 0 bridgehead atoms. The highest BCUT2D eigenvalue weighted by Crippen LogP contribution is 2.28. The number of hydrogen-bond acceptors (Lipinski definition) is 2. The molecule has 1 rings (SSSR count). The monoisotopic (exact) mass is 261 g/mol. The third kappa shape index (κ3) is 2.32. The summed E-state index contributed by atoms with van der Waals surface area (Å²) in [5.41, 5.74) is 6.39. The van der Waals surface area contributed by atoms with Crippen molar-refractivity contribution < 1.29 is 9.50 Å². The van der Waals surface area contributed by atoms with Gasteiger partial charge in [0.2, 0.25) is 0 Å². The fourth-order valence-corrected chi connectivity index (χ4v) is 1.72.